The van der Waals surface area contributed by atoms with Gasteiger partial charge in [-0.25, -0.2) is 4.39 Å². The summed E-state index contributed by atoms with van der Waals surface area (Å²) in [7, 11) is 0. The minimum Gasteiger partial charge on any atom is -0.252 e. The Balaban J connectivity index is 2.87. The van der Waals surface area contributed by atoms with E-state index < -0.39 is 0 Å². The lowest BCUT2D eigenvalue weighted by Gasteiger charge is -2.10. The lowest BCUT2D eigenvalue weighted by molar-refractivity contribution is 0.622. The van der Waals surface area contributed by atoms with Crippen LogP contribution in [0.3, 0.4) is 0 Å². The number of nitrogens with zero attached hydrogens (tertiary/aromatic N) is 1. The molecule has 1 heterocycles. The van der Waals surface area contributed by atoms with Gasteiger partial charge in [0.25, 0.3) is 0 Å². The van der Waals surface area contributed by atoms with Crippen LogP contribution in [-0.4, -0.2) is 4.98 Å². The van der Waals surface area contributed by atoms with E-state index in [1.165, 1.54) is 17.2 Å². The fourth-order valence-electron chi connectivity index (χ4n) is 1.92. The smallest absolute Gasteiger partial charge is 0.139 e. The highest BCUT2D eigenvalue weighted by Gasteiger charge is 2.10. The molecule has 1 aromatic carbocycles. The molecule has 1 aromatic heterocycles. The first-order chi connectivity index (χ1) is 7.54. The monoisotopic (exact) mass is 281 g/mol. The van der Waals surface area contributed by atoms with Crippen LogP contribution in [0, 0.1) is 19.7 Å². The molecule has 0 atom stereocenters. The van der Waals surface area contributed by atoms with Gasteiger partial charge in [0.2, 0.25) is 0 Å². The molecule has 0 aliphatic carbocycles. The van der Waals surface area contributed by atoms with E-state index in [0.29, 0.717) is 4.47 Å². The zero-order valence-corrected chi connectivity index (χ0v) is 11.2. The van der Waals surface area contributed by atoms with Gasteiger partial charge in [0, 0.05) is 17.1 Å². The predicted molar refractivity (Wildman–Crippen MR) is 68.3 cm³/mol. The molecule has 2 aromatic rings. The van der Waals surface area contributed by atoms with Gasteiger partial charge in [-0.3, -0.25) is 4.98 Å². The SMILES string of the molecule is CCc1nc2cc(F)c(Br)cc2c(C)c1C. The van der Waals surface area contributed by atoms with Gasteiger partial charge in [-0.05, 0) is 53.4 Å². The summed E-state index contributed by atoms with van der Waals surface area (Å²) in [6.45, 7) is 6.19. The minimum atomic E-state index is -0.259. The molecule has 0 radical (unpaired) electrons. The molecule has 0 unspecified atom stereocenters. The normalized spacial score (nSPS) is 11.1. The summed E-state index contributed by atoms with van der Waals surface area (Å²) < 4.78 is 13.9. The second-order valence-corrected chi connectivity index (χ2v) is 4.80. The maximum atomic E-state index is 13.4. The van der Waals surface area contributed by atoms with E-state index >= 15 is 0 Å². The third-order valence-electron chi connectivity index (χ3n) is 3.03. The molecule has 0 fully saturated rings. The summed E-state index contributed by atoms with van der Waals surface area (Å²) in [5.41, 5.74) is 4.17. The minimum absolute atomic E-state index is 0.259. The molecule has 84 valence electrons. The lowest BCUT2D eigenvalue weighted by Crippen LogP contribution is -1.97. The second-order valence-electron chi connectivity index (χ2n) is 3.95. The Hall–Kier alpha value is -0.960. The molecule has 0 spiro atoms. The van der Waals surface area contributed by atoms with Gasteiger partial charge < -0.3 is 0 Å². The summed E-state index contributed by atoms with van der Waals surface area (Å²) in [6, 6.07) is 3.30. The van der Waals surface area contributed by atoms with E-state index in [1.54, 1.807) is 6.07 Å². The zero-order valence-electron chi connectivity index (χ0n) is 9.56. The van der Waals surface area contributed by atoms with Crippen LogP contribution >= 0.6 is 15.9 Å². The zero-order chi connectivity index (χ0) is 11.9. The topological polar surface area (TPSA) is 12.9 Å². The number of benzene rings is 1. The van der Waals surface area contributed by atoms with Crippen LogP contribution in [-0.2, 0) is 6.42 Å². The Morgan fingerprint density at radius 1 is 1.25 bits per heavy atom. The lowest BCUT2D eigenvalue weighted by atomic mass is 10.0. The summed E-state index contributed by atoms with van der Waals surface area (Å²) in [5, 5.41) is 1.02. The van der Waals surface area contributed by atoms with Gasteiger partial charge in [0.15, 0.2) is 0 Å². The van der Waals surface area contributed by atoms with Gasteiger partial charge in [-0.15, -0.1) is 0 Å². The van der Waals surface area contributed by atoms with Crippen molar-refractivity contribution in [3.63, 3.8) is 0 Å². The van der Waals surface area contributed by atoms with Crippen molar-refractivity contribution in [1.82, 2.24) is 4.98 Å². The van der Waals surface area contributed by atoms with Crippen molar-refractivity contribution in [2.24, 2.45) is 0 Å². The van der Waals surface area contributed by atoms with Crippen molar-refractivity contribution >= 4 is 26.8 Å². The third-order valence-corrected chi connectivity index (χ3v) is 3.64. The van der Waals surface area contributed by atoms with E-state index in [-0.39, 0.29) is 5.82 Å². The van der Waals surface area contributed by atoms with Crippen LogP contribution < -0.4 is 0 Å². The summed E-state index contributed by atoms with van der Waals surface area (Å²) >= 11 is 3.21. The van der Waals surface area contributed by atoms with E-state index in [1.807, 2.05) is 0 Å². The van der Waals surface area contributed by atoms with Crippen LogP contribution in [0.15, 0.2) is 16.6 Å². The molecule has 1 nitrogen and oxygen atoms in total. The molecular formula is C13H13BrFN. The largest absolute Gasteiger partial charge is 0.252 e. The summed E-state index contributed by atoms with van der Waals surface area (Å²) in [6.07, 6.45) is 0.875. The Morgan fingerprint density at radius 2 is 1.94 bits per heavy atom. The highest BCUT2D eigenvalue weighted by Crippen LogP contribution is 2.27. The maximum Gasteiger partial charge on any atom is 0.139 e. The number of halogens is 2. The molecule has 3 heteroatoms. The predicted octanol–water partition coefficient (Wildman–Crippen LogP) is 4.32. The Bertz CT molecular complexity index is 564. The maximum absolute atomic E-state index is 13.4. The van der Waals surface area contributed by atoms with Crippen LogP contribution in [0.4, 0.5) is 4.39 Å². The van der Waals surface area contributed by atoms with Gasteiger partial charge >= 0.3 is 0 Å². The summed E-state index contributed by atoms with van der Waals surface area (Å²) in [4.78, 5) is 4.50. The Kier molecular flexibility index (Phi) is 2.98. The van der Waals surface area contributed by atoms with Crippen LogP contribution in [0.5, 0.6) is 0 Å². The fourth-order valence-corrected chi connectivity index (χ4v) is 2.26. The number of aromatic nitrogens is 1. The van der Waals surface area contributed by atoms with Crippen molar-refractivity contribution < 1.29 is 4.39 Å². The van der Waals surface area contributed by atoms with Gasteiger partial charge in [-0.2, -0.15) is 0 Å². The molecule has 0 saturated carbocycles. The number of hydrogen-bond acceptors (Lipinski definition) is 1. The average molecular weight is 282 g/mol. The quantitative estimate of drug-likeness (QED) is 0.759. The van der Waals surface area contributed by atoms with E-state index in [4.69, 9.17) is 0 Å². The van der Waals surface area contributed by atoms with Crippen molar-refractivity contribution in [1.29, 1.82) is 0 Å². The number of aryl methyl sites for hydroxylation is 2. The first-order valence-electron chi connectivity index (χ1n) is 5.29. The Labute approximate surface area is 103 Å². The highest BCUT2D eigenvalue weighted by molar-refractivity contribution is 9.10. The third kappa shape index (κ3) is 1.73. The van der Waals surface area contributed by atoms with Crippen molar-refractivity contribution in [2.75, 3.05) is 0 Å². The molecular weight excluding hydrogens is 269 g/mol. The molecule has 0 N–H and O–H groups in total. The van der Waals surface area contributed by atoms with Gasteiger partial charge in [0.1, 0.15) is 5.82 Å². The van der Waals surface area contributed by atoms with Gasteiger partial charge in [-0.1, -0.05) is 6.92 Å². The Morgan fingerprint density at radius 3 is 2.56 bits per heavy atom. The molecule has 0 saturated heterocycles. The standard InChI is InChI=1S/C13H13BrFN/c1-4-12-8(3)7(2)9-5-10(14)11(15)6-13(9)16-12/h5-6H,4H2,1-3H3. The molecule has 2 rings (SSSR count). The van der Waals surface area contributed by atoms with Crippen LogP contribution in [0.1, 0.15) is 23.7 Å². The van der Waals surface area contributed by atoms with E-state index in [9.17, 15) is 4.39 Å². The van der Waals surface area contributed by atoms with E-state index in [0.717, 1.165) is 23.0 Å². The fraction of sp³-hybridized carbons (Fsp3) is 0.308. The average Bonchev–Trinajstić information content (AvgIpc) is 2.26. The highest BCUT2D eigenvalue weighted by atomic mass is 79.9. The number of hydrogen-bond donors (Lipinski definition) is 0. The van der Waals surface area contributed by atoms with Crippen molar-refractivity contribution in [3.8, 4) is 0 Å². The molecule has 0 aliphatic heterocycles. The van der Waals surface area contributed by atoms with Crippen molar-refractivity contribution in [3.05, 3.63) is 39.2 Å². The first-order valence-corrected chi connectivity index (χ1v) is 6.08. The van der Waals surface area contributed by atoms with E-state index in [2.05, 4.69) is 41.7 Å². The van der Waals surface area contributed by atoms with Gasteiger partial charge in [0.05, 0.1) is 9.99 Å². The second kappa shape index (κ2) is 4.13. The first kappa shape index (κ1) is 11.5. The van der Waals surface area contributed by atoms with Crippen molar-refractivity contribution in [2.45, 2.75) is 27.2 Å². The number of pyridine rings is 1. The molecule has 0 aliphatic rings. The number of rotatable bonds is 1. The molecule has 0 bridgehead atoms. The number of fused-ring (bicyclic) bond motifs is 1. The van der Waals surface area contributed by atoms with Crippen LogP contribution in [0.2, 0.25) is 0 Å². The van der Waals surface area contributed by atoms with Crippen LogP contribution in [0.25, 0.3) is 10.9 Å². The summed E-state index contributed by atoms with van der Waals surface area (Å²) in [5.74, 6) is -0.259. The molecule has 16 heavy (non-hydrogen) atoms. The molecule has 0 amide bonds.